The van der Waals surface area contributed by atoms with Crippen molar-refractivity contribution in [2.75, 3.05) is 9.80 Å². The first kappa shape index (κ1) is 80.4. The number of benzene rings is 22. The fraction of sp³-hybridized carbons (Fsp3) is 0.00752. The molecule has 0 saturated heterocycles. The number of nitrogens with zero attached hydrogens (tertiary/aromatic N) is 4. The Morgan fingerprint density at radius 1 is 0.190 bits per heavy atom. The van der Waals surface area contributed by atoms with Gasteiger partial charge in [0.1, 0.15) is 22.3 Å². The number of hydrogen-bond acceptors (Lipinski definition) is 7. The monoisotopic (exact) mass is 1860 g/mol. The highest BCUT2D eigenvalue weighted by atomic mass is 32.1. The van der Waals surface area contributed by atoms with Gasteiger partial charge in [0.25, 0.3) is 0 Å². The van der Waals surface area contributed by atoms with E-state index in [0.717, 1.165) is 128 Å². The van der Waals surface area contributed by atoms with Gasteiger partial charge in [-0.05, 0) is 248 Å². The van der Waals surface area contributed by atoms with Crippen LogP contribution >= 0.6 is 34.0 Å². The zero-order chi connectivity index (χ0) is 92.9. The molecule has 22 aromatic carbocycles. The second-order valence-electron chi connectivity index (χ2n) is 37.5. The van der Waals surface area contributed by atoms with E-state index in [9.17, 15) is 0 Å². The summed E-state index contributed by atoms with van der Waals surface area (Å²) >= 11 is 5.56. The third-order valence-corrected chi connectivity index (χ3v) is 33.4. The predicted octanol–water partition coefficient (Wildman–Crippen LogP) is 38.4. The van der Waals surface area contributed by atoms with Crippen molar-refractivity contribution in [3.8, 4) is 78.1 Å². The Bertz CT molecular complexity index is 10200. The lowest BCUT2D eigenvalue weighted by atomic mass is 9.70. The molecule has 0 atom stereocenters. The van der Waals surface area contributed by atoms with Crippen molar-refractivity contribution >= 4 is 216 Å². The molecule has 0 saturated carbocycles. The lowest BCUT2D eigenvalue weighted by molar-refractivity contribution is 0.670. The second-order valence-corrected chi connectivity index (χ2v) is 40.7. The van der Waals surface area contributed by atoms with Crippen molar-refractivity contribution in [1.29, 1.82) is 0 Å². The first-order valence-electron chi connectivity index (χ1n) is 48.5. The van der Waals surface area contributed by atoms with E-state index in [1.54, 1.807) is 0 Å². The van der Waals surface area contributed by atoms with E-state index in [0.29, 0.717) is 0 Å². The third kappa shape index (κ3) is 12.2. The van der Waals surface area contributed by atoms with E-state index in [2.05, 4.69) is 504 Å². The summed E-state index contributed by atoms with van der Waals surface area (Å²) < 4.78 is 26.7. The molecule has 7 aromatic heterocycles. The summed E-state index contributed by atoms with van der Waals surface area (Å²) in [6.45, 7) is 0. The van der Waals surface area contributed by atoms with Crippen LogP contribution in [0.15, 0.2) is 494 Å². The molecule has 0 bridgehead atoms. The number of para-hydroxylation sites is 4. The number of thiophene rings is 3. The average molecular weight is 1860 g/mol. The Balaban J connectivity index is 0.000000135. The number of furan rings is 2. The second kappa shape index (κ2) is 31.7. The molecule has 7 heterocycles. The number of fused-ring (bicyclic) bond motifs is 33. The first-order valence-corrected chi connectivity index (χ1v) is 50.9. The Morgan fingerprint density at radius 2 is 0.493 bits per heavy atom. The van der Waals surface area contributed by atoms with Gasteiger partial charge < -0.3 is 27.8 Å². The molecule has 142 heavy (non-hydrogen) atoms. The summed E-state index contributed by atoms with van der Waals surface area (Å²) in [5.74, 6) is 0. The summed E-state index contributed by atoms with van der Waals surface area (Å²) in [4.78, 5) is 4.81. The van der Waals surface area contributed by atoms with Crippen LogP contribution in [0.4, 0.5) is 34.1 Å². The standard InChI is InChI=1S/C73H44N2OS.C60H36N2OS2/c1-2-16-45(17-3-1)46-30-34-48(35-31-46)74(51-38-40-55-54-20-6-12-26-64(54)73(65(55)43-51)62-24-10-4-18-52(62)53-19-5-11-25-63(53)73)49-36-32-47(33-37-49)59-44-61-56-21-7-13-27-66(56)75(71(61)70-58-23-8-14-28-67(58)76-72(59)70)50-39-41-69-60(42-50)57-22-9-15-29-68(57)77-69;1-2-12-37(13-3-1)38-22-26-40(27-23-38)61(42-30-32-56-49(34-42)45-15-6-10-20-54(45)64-56)41-28-24-39(25-29-41)48-36-51-44-14-4-8-18-52(44)62(59(51)58-47-17-5-9-19-53(47)63-60(48)58)43-31-33-57-50(35-43)46-16-7-11-21-55(46)65-57/h1-44H;1-36H. The molecule has 29 aromatic rings. The van der Waals surface area contributed by atoms with Gasteiger partial charge in [0.05, 0.1) is 38.3 Å². The molecule has 662 valence electrons. The van der Waals surface area contributed by atoms with Crippen molar-refractivity contribution in [1.82, 2.24) is 9.13 Å². The minimum Gasteiger partial charge on any atom is -0.455 e. The van der Waals surface area contributed by atoms with Crippen molar-refractivity contribution < 1.29 is 8.83 Å². The fourth-order valence-electron chi connectivity index (χ4n) is 23.8. The van der Waals surface area contributed by atoms with Crippen LogP contribution in [0.5, 0.6) is 0 Å². The van der Waals surface area contributed by atoms with E-state index in [-0.39, 0.29) is 0 Å². The highest BCUT2D eigenvalue weighted by Gasteiger charge is 2.52. The molecule has 0 aliphatic heterocycles. The van der Waals surface area contributed by atoms with Crippen LogP contribution < -0.4 is 9.80 Å². The highest BCUT2D eigenvalue weighted by Crippen LogP contribution is 2.64. The van der Waals surface area contributed by atoms with Gasteiger partial charge >= 0.3 is 0 Å². The largest absolute Gasteiger partial charge is 0.455 e. The molecule has 2 aliphatic rings. The zero-order valence-electron chi connectivity index (χ0n) is 76.5. The van der Waals surface area contributed by atoms with Gasteiger partial charge in [-0.3, -0.25) is 0 Å². The minimum atomic E-state index is -0.466. The smallest absolute Gasteiger partial charge is 0.145 e. The average Bonchev–Trinajstić information content (AvgIpc) is 1.50. The molecule has 0 fully saturated rings. The van der Waals surface area contributed by atoms with Crippen LogP contribution in [0.25, 0.3) is 226 Å². The highest BCUT2D eigenvalue weighted by molar-refractivity contribution is 7.26. The maximum absolute atomic E-state index is 7.06. The number of aromatic nitrogens is 2. The molecule has 6 nitrogen and oxygen atoms in total. The molecular formula is C133H80N4O2S3. The van der Waals surface area contributed by atoms with Crippen molar-refractivity contribution in [2.45, 2.75) is 5.41 Å². The Morgan fingerprint density at radius 3 is 0.915 bits per heavy atom. The van der Waals surface area contributed by atoms with E-state index >= 15 is 0 Å². The summed E-state index contributed by atoms with van der Waals surface area (Å²) in [6, 6.07) is 178. The van der Waals surface area contributed by atoms with Crippen LogP contribution in [0, 0.1) is 0 Å². The lowest BCUT2D eigenvalue weighted by Gasteiger charge is -2.32. The maximum atomic E-state index is 7.06. The maximum Gasteiger partial charge on any atom is 0.145 e. The van der Waals surface area contributed by atoms with E-state index in [1.807, 2.05) is 34.0 Å². The SMILES string of the molecule is c1ccc(-c2ccc(N(c3ccc(-c4cc5c6ccccc6n(-c6ccc7sc8ccccc8c7c6)c5c5c4oc4ccccc45)cc3)c3ccc4c(c3)C3(c5ccccc5-c5ccccc53)c3ccccc3-4)cc2)cc1.c1ccc(-c2ccc(N(c3ccc(-c4cc5c6ccccc6n(-c6ccc7sc8ccccc8c7c6)c5c5c4oc4ccccc45)cc3)c3ccc4sc5ccccc5c4c3)cc2)cc1. The Labute approximate surface area is 828 Å². The van der Waals surface area contributed by atoms with Crippen LogP contribution in [-0.2, 0) is 5.41 Å². The van der Waals surface area contributed by atoms with Gasteiger partial charge in [-0.2, -0.15) is 0 Å². The molecule has 1 spiro atoms. The van der Waals surface area contributed by atoms with E-state index in [4.69, 9.17) is 8.83 Å². The van der Waals surface area contributed by atoms with Gasteiger partial charge in [-0.15, -0.1) is 34.0 Å². The summed E-state index contributed by atoms with van der Waals surface area (Å²) in [5, 5.41) is 17.0. The molecule has 0 radical (unpaired) electrons. The van der Waals surface area contributed by atoms with Crippen LogP contribution in [0.3, 0.4) is 0 Å². The summed E-state index contributed by atoms with van der Waals surface area (Å²) in [5.41, 5.74) is 36.1. The van der Waals surface area contributed by atoms with Crippen LogP contribution in [-0.4, -0.2) is 9.13 Å². The van der Waals surface area contributed by atoms with Gasteiger partial charge in [-0.1, -0.05) is 315 Å². The summed E-state index contributed by atoms with van der Waals surface area (Å²) in [6.07, 6.45) is 0. The zero-order valence-corrected chi connectivity index (χ0v) is 79.0. The van der Waals surface area contributed by atoms with Crippen molar-refractivity contribution in [2.24, 2.45) is 0 Å². The molecule has 2 aliphatic carbocycles. The molecule has 9 heteroatoms. The lowest BCUT2D eigenvalue weighted by Crippen LogP contribution is -2.26. The number of hydrogen-bond donors (Lipinski definition) is 0. The first-order chi connectivity index (χ1) is 70.4. The molecule has 0 N–H and O–H groups in total. The van der Waals surface area contributed by atoms with Crippen LogP contribution in [0.2, 0.25) is 0 Å². The predicted molar refractivity (Wildman–Crippen MR) is 602 cm³/mol. The molecule has 0 unspecified atom stereocenters. The molecular weight excluding hydrogens is 1780 g/mol. The van der Waals surface area contributed by atoms with Crippen molar-refractivity contribution in [3.05, 3.63) is 508 Å². The Hall–Kier alpha value is -17.7. The minimum absolute atomic E-state index is 0.466. The van der Waals surface area contributed by atoms with Gasteiger partial charge in [0.2, 0.25) is 0 Å². The number of anilines is 6. The topological polar surface area (TPSA) is 42.6 Å². The summed E-state index contributed by atoms with van der Waals surface area (Å²) in [7, 11) is 0. The van der Waals surface area contributed by atoms with Crippen molar-refractivity contribution in [3.63, 3.8) is 0 Å². The van der Waals surface area contributed by atoms with Gasteiger partial charge in [0, 0.05) is 149 Å². The Kier molecular flexibility index (Phi) is 17.9. The van der Waals surface area contributed by atoms with E-state index < -0.39 is 5.41 Å². The van der Waals surface area contributed by atoms with Gasteiger partial charge in [-0.25, -0.2) is 0 Å². The van der Waals surface area contributed by atoms with E-state index in [1.165, 1.54) is 154 Å². The quantitative estimate of drug-likeness (QED) is 0.122. The molecule has 0 amide bonds. The molecule has 31 rings (SSSR count). The fourth-order valence-corrected chi connectivity index (χ4v) is 27.0. The third-order valence-electron chi connectivity index (χ3n) is 30.0. The normalized spacial score (nSPS) is 12.6. The number of rotatable bonds is 12. The van der Waals surface area contributed by atoms with Gasteiger partial charge in [0.15, 0.2) is 0 Å². The van der Waals surface area contributed by atoms with Crippen LogP contribution in [0.1, 0.15) is 22.3 Å².